The first kappa shape index (κ1) is 16.1. The van der Waals surface area contributed by atoms with Crippen LogP contribution in [0.5, 0.6) is 5.75 Å². The molecule has 0 radical (unpaired) electrons. The minimum Gasteiger partial charge on any atom is -0.485 e. The molecule has 2 aliphatic rings. The molecule has 2 aliphatic heterocycles. The van der Waals surface area contributed by atoms with Crippen LogP contribution in [0.3, 0.4) is 0 Å². The average Bonchev–Trinajstić information content (AvgIpc) is 2.84. The maximum Gasteiger partial charge on any atom is 0.416 e. The van der Waals surface area contributed by atoms with Crippen molar-refractivity contribution in [3.8, 4) is 5.75 Å². The lowest BCUT2D eigenvalue weighted by molar-refractivity contribution is -0.140. The van der Waals surface area contributed by atoms with Crippen molar-refractivity contribution in [3.05, 3.63) is 29.3 Å². The Bertz CT molecular complexity index is 642. The second-order valence-corrected chi connectivity index (χ2v) is 6.54. The van der Waals surface area contributed by atoms with Gasteiger partial charge in [-0.2, -0.15) is 13.2 Å². The number of aliphatic hydroxyl groups excluding tert-OH is 1. The molecule has 1 unspecified atom stereocenters. The van der Waals surface area contributed by atoms with Crippen molar-refractivity contribution in [2.24, 2.45) is 0 Å². The van der Waals surface area contributed by atoms with Crippen LogP contribution in [0.2, 0.25) is 0 Å². The summed E-state index contributed by atoms with van der Waals surface area (Å²) in [5.41, 5.74) is -1.61. The summed E-state index contributed by atoms with van der Waals surface area (Å²) in [6.07, 6.45) is -4.62. The Morgan fingerprint density at radius 2 is 2.04 bits per heavy atom. The molecule has 1 N–H and O–H groups in total. The topological polar surface area (TPSA) is 49.8 Å². The van der Waals surface area contributed by atoms with Crippen molar-refractivity contribution in [1.29, 1.82) is 0 Å². The number of hydrogen-bond acceptors (Lipinski definition) is 3. The Balaban J connectivity index is 2.12. The Morgan fingerprint density at radius 1 is 1.35 bits per heavy atom. The molecule has 126 valence electrons. The van der Waals surface area contributed by atoms with Crippen LogP contribution in [-0.4, -0.2) is 34.2 Å². The van der Waals surface area contributed by atoms with Crippen LogP contribution in [0, 0.1) is 0 Å². The van der Waals surface area contributed by atoms with E-state index in [1.54, 1.807) is 13.8 Å². The lowest BCUT2D eigenvalue weighted by Gasteiger charge is -2.45. The second-order valence-electron chi connectivity index (χ2n) is 6.54. The number of nitrogens with zero attached hydrogens (tertiary/aromatic N) is 1. The Kier molecular flexibility index (Phi) is 3.59. The van der Waals surface area contributed by atoms with Crippen molar-refractivity contribution in [2.75, 3.05) is 6.54 Å². The third-order valence-corrected chi connectivity index (χ3v) is 4.49. The molecule has 1 aromatic rings. The Hall–Kier alpha value is -1.76. The smallest absolute Gasteiger partial charge is 0.416 e. The number of carbonyl (C=O) groups excluding carboxylic acids is 1. The lowest BCUT2D eigenvalue weighted by atomic mass is 9.85. The normalized spacial score (nSPS) is 26.9. The van der Waals surface area contributed by atoms with Crippen molar-refractivity contribution in [1.82, 2.24) is 4.90 Å². The molecule has 23 heavy (non-hydrogen) atoms. The fourth-order valence-corrected chi connectivity index (χ4v) is 3.24. The number of alkyl halides is 3. The van der Waals surface area contributed by atoms with E-state index in [4.69, 9.17) is 4.74 Å². The quantitative estimate of drug-likeness (QED) is 0.862. The molecule has 0 spiro atoms. The minimum absolute atomic E-state index is 0.157. The van der Waals surface area contributed by atoms with Gasteiger partial charge in [0.25, 0.3) is 0 Å². The standard InChI is InChI=1S/C16H18F3NO3/c1-15(2)14(22)13(20-7-3-4-12(20)21)10-8-9(16(17,18)19)5-6-11(10)23-15/h5-6,8,13-14,22H,3-4,7H2,1-2H3/t13?,14-/m0/s1. The molecule has 0 aliphatic carbocycles. The van der Waals surface area contributed by atoms with E-state index in [0.29, 0.717) is 19.4 Å². The molecule has 1 saturated heterocycles. The maximum atomic E-state index is 13.0. The van der Waals surface area contributed by atoms with Gasteiger partial charge >= 0.3 is 6.18 Å². The Morgan fingerprint density at radius 3 is 2.61 bits per heavy atom. The van der Waals surface area contributed by atoms with Gasteiger partial charge in [-0.15, -0.1) is 0 Å². The predicted molar refractivity (Wildman–Crippen MR) is 75.8 cm³/mol. The molecule has 2 heterocycles. The molecule has 0 bridgehead atoms. The van der Waals surface area contributed by atoms with Gasteiger partial charge in [0.15, 0.2) is 0 Å². The highest BCUT2D eigenvalue weighted by atomic mass is 19.4. The molecule has 2 atom stereocenters. The third-order valence-electron chi connectivity index (χ3n) is 4.49. The molecular formula is C16H18F3NO3. The van der Waals surface area contributed by atoms with Crippen molar-refractivity contribution in [3.63, 3.8) is 0 Å². The zero-order chi connectivity index (χ0) is 17.0. The van der Waals surface area contributed by atoms with E-state index in [0.717, 1.165) is 12.1 Å². The van der Waals surface area contributed by atoms with E-state index < -0.39 is 29.5 Å². The van der Waals surface area contributed by atoms with Gasteiger partial charge in [0, 0.05) is 18.5 Å². The number of ether oxygens (including phenoxy) is 1. The summed E-state index contributed by atoms with van der Waals surface area (Å²) in [5.74, 6) is 0.119. The molecule has 1 amide bonds. The zero-order valence-corrected chi connectivity index (χ0v) is 12.9. The first-order chi connectivity index (χ1) is 10.6. The fourth-order valence-electron chi connectivity index (χ4n) is 3.24. The molecule has 7 heteroatoms. The molecular weight excluding hydrogens is 311 g/mol. The molecule has 1 fully saturated rings. The summed E-state index contributed by atoms with van der Waals surface area (Å²) in [5, 5.41) is 10.6. The maximum absolute atomic E-state index is 13.0. The van der Waals surface area contributed by atoms with Crippen molar-refractivity contribution >= 4 is 5.91 Å². The Labute approximate surface area is 131 Å². The van der Waals surface area contributed by atoms with Gasteiger partial charge in [0.05, 0.1) is 11.6 Å². The van der Waals surface area contributed by atoms with E-state index in [1.165, 1.54) is 11.0 Å². The van der Waals surface area contributed by atoms with Crippen LogP contribution >= 0.6 is 0 Å². The van der Waals surface area contributed by atoms with Gasteiger partial charge < -0.3 is 14.7 Å². The van der Waals surface area contributed by atoms with E-state index >= 15 is 0 Å². The summed E-state index contributed by atoms with van der Waals surface area (Å²) < 4.78 is 44.7. The lowest BCUT2D eigenvalue weighted by Crippen LogP contribution is -2.53. The number of carbonyl (C=O) groups is 1. The van der Waals surface area contributed by atoms with Gasteiger partial charge in [-0.25, -0.2) is 0 Å². The summed E-state index contributed by atoms with van der Waals surface area (Å²) in [7, 11) is 0. The molecule has 3 rings (SSSR count). The number of fused-ring (bicyclic) bond motifs is 1. The minimum atomic E-state index is -4.49. The number of likely N-dealkylation sites (tertiary alicyclic amines) is 1. The number of hydrogen-bond donors (Lipinski definition) is 1. The summed E-state index contributed by atoms with van der Waals surface area (Å²) in [6.45, 7) is 3.74. The van der Waals surface area contributed by atoms with Crippen molar-refractivity contribution < 1.29 is 27.8 Å². The van der Waals surface area contributed by atoms with Crippen LogP contribution in [-0.2, 0) is 11.0 Å². The highest BCUT2D eigenvalue weighted by Gasteiger charge is 2.48. The second kappa shape index (κ2) is 5.12. The number of rotatable bonds is 1. The first-order valence-electron chi connectivity index (χ1n) is 7.49. The predicted octanol–water partition coefficient (Wildman–Crippen LogP) is 2.90. The highest BCUT2D eigenvalue weighted by molar-refractivity contribution is 5.79. The monoisotopic (exact) mass is 329 g/mol. The van der Waals surface area contributed by atoms with Gasteiger partial charge in [0.2, 0.25) is 5.91 Å². The van der Waals surface area contributed by atoms with Crippen LogP contribution < -0.4 is 4.74 Å². The van der Waals surface area contributed by atoms with Gasteiger partial charge in [-0.3, -0.25) is 4.79 Å². The summed E-state index contributed by atoms with van der Waals surface area (Å²) in [6, 6.07) is 2.37. The van der Waals surface area contributed by atoms with E-state index in [-0.39, 0.29) is 17.2 Å². The van der Waals surface area contributed by atoms with Crippen LogP contribution in [0.15, 0.2) is 18.2 Å². The number of halogens is 3. The first-order valence-corrected chi connectivity index (χ1v) is 7.49. The van der Waals surface area contributed by atoms with Gasteiger partial charge in [-0.05, 0) is 38.5 Å². The molecule has 0 aromatic heterocycles. The van der Waals surface area contributed by atoms with Crippen LogP contribution in [0.1, 0.15) is 43.9 Å². The number of benzene rings is 1. The van der Waals surface area contributed by atoms with E-state index in [9.17, 15) is 23.1 Å². The van der Waals surface area contributed by atoms with Gasteiger partial charge in [0.1, 0.15) is 17.5 Å². The molecule has 4 nitrogen and oxygen atoms in total. The average molecular weight is 329 g/mol. The molecule has 0 saturated carbocycles. The van der Waals surface area contributed by atoms with Crippen LogP contribution in [0.4, 0.5) is 13.2 Å². The van der Waals surface area contributed by atoms with Crippen LogP contribution in [0.25, 0.3) is 0 Å². The third kappa shape index (κ3) is 2.67. The molecule has 1 aromatic carbocycles. The summed E-state index contributed by atoms with van der Waals surface area (Å²) >= 11 is 0. The van der Waals surface area contributed by atoms with E-state index in [1.807, 2.05) is 0 Å². The summed E-state index contributed by atoms with van der Waals surface area (Å²) in [4.78, 5) is 13.5. The SMILES string of the molecule is CC1(C)Oc2ccc(C(F)(F)F)cc2C(N2CCCC2=O)[C@@H]1O. The highest BCUT2D eigenvalue weighted by Crippen LogP contribution is 2.46. The number of amides is 1. The van der Waals surface area contributed by atoms with E-state index in [2.05, 4.69) is 0 Å². The van der Waals surface area contributed by atoms with Gasteiger partial charge in [-0.1, -0.05) is 0 Å². The fraction of sp³-hybridized carbons (Fsp3) is 0.562. The number of aliphatic hydroxyl groups is 1. The van der Waals surface area contributed by atoms with Crippen molar-refractivity contribution in [2.45, 2.75) is 50.6 Å². The largest absolute Gasteiger partial charge is 0.485 e. The zero-order valence-electron chi connectivity index (χ0n) is 12.9.